The van der Waals surface area contributed by atoms with Gasteiger partial charge in [-0.25, -0.2) is 0 Å². The molecule has 0 radical (unpaired) electrons. The van der Waals surface area contributed by atoms with Gasteiger partial charge in [-0.2, -0.15) is 10.5 Å². The molecule has 1 aromatic heterocycles. The third-order valence-corrected chi connectivity index (χ3v) is 8.49. The highest BCUT2D eigenvalue weighted by atomic mass is 15.0. The Kier molecular flexibility index (Phi) is 5.33. The van der Waals surface area contributed by atoms with Crippen molar-refractivity contribution in [2.75, 3.05) is 0 Å². The molecular formula is C39H23N3. The van der Waals surface area contributed by atoms with Crippen LogP contribution in [0, 0.1) is 22.7 Å². The highest BCUT2D eigenvalue weighted by Gasteiger charge is 2.29. The van der Waals surface area contributed by atoms with Gasteiger partial charge in [-0.3, -0.25) is 0 Å². The van der Waals surface area contributed by atoms with Crippen LogP contribution in [0.1, 0.15) is 33.7 Å². The van der Waals surface area contributed by atoms with Crippen LogP contribution in [0.5, 0.6) is 0 Å². The molecular weight excluding hydrogens is 510 g/mol. The third kappa shape index (κ3) is 3.58. The Bertz CT molecular complexity index is 2250. The van der Waals surface area contributed by atoms with Gasteiger partial charge in [-0.05, 0) is 87.5 Å². The second kappa shape index (κ2) is 9.34. The number of hydrogen-bond acceptors (Lipinski definition) is 2. The van der Waals surface area contributed by atoms with E-state index >= 15 is 0 Å². The van der Waals surface area contributed by atoms with Crippen molar-refractivity contribution in [3.63, 3.8) is 0 Å². The molecule has 1 aliphatic rings. The maximum Gasteiger partial charge on any atom is 0.0991 e. The highest BCUT2D eigenvalue weighted by molar-refractivity contribution is 6.09. The standard InChI is InChI=1S/C39H23N3/c40-23-25-16-17-38-36(20-25)33-12-5-6-15-37(33)42(38)30-9-7-8-27(22-30)28-18-26(24-41)19-29(21-28)39-34-13-3-1-10-31(34)32-11-2-4-14-35(32)39/h1-22,39H. The summed E-state index contributed by atoms with van der Waals surface area (Å²) < 4.78 is 2.26. The molecule has 3 heteroatoms. The maximum absolute atomic E-state index is 10.1. The van der Waals surface area contributed by atoms with Gasteiger partial charge >= 0.3 is 0 Å². The van der Waals surface area contributed by atoms with Gasteiger partial charge < -0.3 is 4.57 Å². The summed E-state index contributed by atoms with van der Waals surface area (Å²) in [6, 6.07) is 50.9. The summed E-state index contributed by atoms with van der Waals surface area (Å²) in [5.41, 5.74) is 12.7. The Balaban J connectivity index is 1.31. The van der Waals surface area contributed by atoms with Gasteiger partial charge in [0.2, 0.25) is 0 Å². The Labute approximate surface area is 243 Å². The number of para-hydroxylation sites is 1. The zero-order valence-electron chi connectivity index (χ0n) is 22.6. The minimum atomic E-state index is 0.0688. The van der Waals surface area contributed by atoms with Crippen LogP contribution >= 0.6 is 0 Å². The first-order chi connectivity index (χ1) is 20.7. The van der Waals surface area contributed by atoms with E-state index in [0.29, 0.717) is 11.1 Å². The van der Waals surface area contributed by atoms with E-state index in [1.54, 1.807) is 0 Å². The van der Waals surface area contributed by atoms with Crippen molar-refractivity contribution in [3.8, 4) is 40.1 Å². The lowest BCUT2D eigenvalue weighted by atomic mass is 9.86. The van der Waals surface area contributed by atoms with E-state index in [1.807, 2.05) is 42.5 Å². The molecule has 0 amide bonds. The molecule has 1 aliphatic carbocycles. The van der Waals surface area contributed by atoms with Crippen LogP contribution in [0.2, 0.25) is 0 Å². The fraction of sp³-hybridized carbons (Fsp3) is 0.0256. The van der Waals surface area contributed by atoms with Crippen molar-refractivity contribution >= 4 is 21.8 Å². The molecule has 0 bridgehead atoms. The average molecular weight is 534 g/mol. The molecule has 0 fully saturated rings. The van der Waals surface area contributed by atoms with Crippen molar-refractivity contribution in [2.24, 2.45) is 0 Å². The predicted octanol–water partition coefficient (Wildman–Crippen LogP) is 9.35. The highest BCUT2D eigenvalue weighted by Crippen LogP contribution is 2.48. The smallest absolute Gasteiger partial charge is 0.0991 e. The number of nitriles is 2. The van der Waals surface area contributed by atoms with E-state index in [2.05, 4.69) is 108 Å². The fourth-order valence-corrected chi connectivity index (χ4v) is 6.71. The largest absolute Gasteiger partial charge is 0.309 e. The van der Waals surface area contributed by atoms with Crippen molar-refractivity contribution in [1.82, 2.24) is 4.57 Å². The first-order valence-corrected chi connectivity index (χ1v) is 14.0. The molecule has 0 spiro atoms. The van der Waals surface area contributed by atoms with Crippen molar-refractivity contribution in [3.05, 3.63) is 161 Å². The lowest BCUT2D eigenvalue weighted by molar-refractivity contribution is 1.01. The van der Waals surface area contributed by atoms with E-state index in [-0.39, 0.29) is 5.92 Å². The normalized spacial score (nSPS) is 12.1. The lowest BCUT2D eigenvalue weighted by Gasteiger charge is -2.17. The summed E-state index contributed by atoms with van der Waals surface area (Å²) in [7, 11) is 0. The molecule has 194 valence electrons. The molecule has 0 saturated heterocycles. The minimum absolute atomic E-state index is 0.0688. The third-order valence-electron chi connectivity index (χ3n) is 8.49. The van der Waals surface area contributed by atoms with Crippen LogP contribution < -0.4 is 0 Å². The van der Waals surface area contributed by atoms with Crippen molar-refractivity contribution in [2.45, 2.75) is 5.92 Å². The summed E-state index contributed by atoms with van der Waals surface area (Å²) >= 11 is 0. The zero-order valence-corrected chi connectivity index (χ0v) is 22.6. The Morgan fingerprint density at radius 2 is 1.19 bits per heavy atom. The molecule has 0 atom stereocenters. The van der Waals surface area contributed by atoms with E-state index in [9.17, 15) is 10.5 Å². The van der Waals surface area contributed by atoms with Gasteiger partial charge in [0.05, 0.1) is 34.3 Å². The van der Waals surface area contributed by atoms with Gasteiger partial charge in [0.15, 0.2) is 0 Å². The quantitative estimate of drug-likeness (QED) is 0.227. The monoisotopic (exact) mass is 533 g/mol. The molecule has 0 unspecified atom stereocenters. The Morgan fingerprint density at radius 1 is 0.500 bits per heavy atom. The van der Waals surface area contributed by atoms with Gasteiger partial charge in [-0.15, -0.1) is 0 Å². The van der Waals surface area contributed by atoms with Gasteiger partial charge in [0, 0.05) is 22.4 Å². The molecule has 42 heavy (non-hydrogen) atoms. The second-order valence-electron chi connectivity index (χ2n) is 10.8. The number of nitrogens with zero attached hydrogens (tertiary/aromatic N) is 3. The molecule has 1 heterocycles. The van der Waals surface area contributed by atoms with Gasteiger partial charge in [-0.1, -0.05) is 84.9 Å². The van der Waals surface area contributed by atoms with Gasteiger partial charge in [0.25, 0.3) is 0 Å². The lowest BCUT2D eigenvalue weighted by Crippen LogP contribution is -2.01. The van der Waals surface area contributed by atoms with Crippen LogP contribution in [-0.2, 0) is 0 Å². The summed E-state index contributed by atoms with van der Waals surface area (Å²) in [5, 5.41) is 21.8. The van der Waals surface area contributed by atoms with Crippen LogP contribution in [0.3, 0.4) is 0 Å². The Morgan fingerprint density at radius 3 is 1.95 bits per heavy atom. The Hall–Kier alpha value is -5.90. The number of benzene rings is 6. The van der Waals surface area contributed by atoms with Crippen LogP contribution in [0.4, 0.5) is 0 Å². The van der Waals surface area contributed by atoms with Gasteiger partial charge in [0.1, 0.15) is 0 Å². The number of fused-ring (bicyclic) bond motifs is 6. The summed E-state index contributed by atoms with van der Waals surface area (Å²) in [6.07, 6.45) is 0. The van der Waals surface area contributed by atoms with Crippen molar-refractivity contribution < 1.29 is 0 Å². The van der Waals surface area contributed by atoms with E-state index in [0.717, 1.165) is 44.2 Å². The molecule has 7 aromatic rings. The topological polar surface area (TPSA) is 52.5 Å². The average Bonchev–Trinajstić information content (AvgIpc) is 3.57. The van der Waals surface area contributed by atoms with E-state index < -0.39 is 0 Å². The number of rotatable bonds is 3. The van der Waals surface area contributed by atoms with Crippen molar-refractivity contribution in [1.29, 1.82) is 10.5 Å². The fourth-order valence-electron chi connectivity index (χ4n) is 6.71. The second-order valence-corrected chi connectivity index (χ2v) is 10.8. The van der Waals surface area contributed by atoms with E-state index in [1.165, 1.54) is 22.3 Å². The molecule has 0 N–H and O–H groups in total. The zero-order chi connectivity index (χ0) is 28.2. The predicted molar refractivity (Wildman–Crippen MR) is 168 cm³/mol. The molecule has 3 nitrogen and oxygen atoms in total. The summed E-state index contributed by atoms with van der Waals surface area (Å²) in [5.74, 6) is 0.0688. The molecule has 0 aliphatic heterocycles. The molecule has 0 saturated carbocycles. The number of aromatic nitrogens is 1. The first-order valence-electron chi connectivity index (χ1n) is 14.0. The summed E-state index contributed by atoms with van der Waals surface area (Å²) in [6.45, 7) is 0. The number of hydrogen-bond donors (Lipinski definition) is 0. The maximum atomic E-state index is 10.1. The SMILES string of the molecule is N#Cc1cc(-c2cccc(-n3c4ccccc4c4cc(C#N)ccc43)c2)cc(C2c3ccccc3-c3ccccc32)c1. The molecule has 8 rings (SSSR count). The molecule has 6 aromatic carbocycles. The van der Waals surface area contributed by atoms with Crippen LogP contribution in [0.15, 0.2) is 133 Å². The van der Waals surface area contributed by atoms with E-state index in [4.69, 9.17) is 0 Å². The summed E-state index contributed by atoms with van der Waals surface area (Å²) in [4.78, 5) is 0. The van der Waals surface area contributed by atoms with Crippen LogP contribution in [0.25, 0.3) is 49.7 Å². The first kappa shape index (κ1) is 23.9. The minimum Gasteiger partial charge on any atom is -0.309 e. The van der Waals surface area contributed by atoms with Crippen LogP contribution in [-0.4, -0.2) is 4.57 Å².